The predicted octanol–water partition coefficient (Wildman–Crippen LogP) is 2.18. The van der Waals surface area contributed by atoms with Gasteiger partial charge in [-0.05, 0) is 12.1 Å². The molecule has 1 aromatic rings. The summed E-state index contributed by atoms with van der Waals surface area (Å²) in [6.07, 6.45) is 0. The first-order chi connectivity index (χ1) is 9.85. The van der Waals surface area contributed by atoms with Crippen LogP contribution in [0.1, 0.15) is 5.56 Å². The quantitative estimate of drug-likeness (QED) is 0.796. The van der Waals surface area contributed by atoms with Crippen molar-refractivity contribution >= 4 is 29.1 Å². The minimum atomic E-state index is -3.05. The number of nitrogens with one attached hydrogen (secondary N) is 1. The molecule has 0 fully saturated rings. The third-order valence-electron chi connectivity index (χ3n) is 2.43. The molecule has 0 saturated carbocycles. The molecule has 0 spiro atoms. The number of hydrogen-bond donors (Lipinski definition) is 2. The maximum Gasteiger partial charge on any atom is 0.387 e. The van der Waals surface area contributed by atoms with Gasteiger partial charge in [0.25, 0.3) is 0 Å². The van der Waals surface area contributed by atoms with E-state index < -0.39 is 18.6 Å². The topological polar surface area (TPSA) is 73.6 Å². The first-order valence-electron chi connectivity index (χ1n) is 5.80. The van der Waals surface area contributed by atoms with Crippen molar-refractivity contribution in [3.63, 3.8) is 0 Å². The fraction of sp³-hybridized carbons (Fsp3) is 0.417. The Morgan fingerprint density at radius 3 is 2.67 bits per heavy atom. The van der Waals surface area contributed by atoms with Crippen LogP contribution in [0.15, 0.2) is 12.1 Å². The summed E-state index contributed by atoms with van der Waals surface area (Å²) in [7, 11) is 1.40. The highest BCUT2D eigenvalue weighted by Crippen LogP contribution is 2.33. The number of hydrogen-bond acceptors (Lipinski definition) is 4. The van der Waals surface area contributed by atoms with Crippen LogP contribution in [-0.4, -0.2) is 32.3 Å². The third-order valence-corrected chi connectivity index (χ3v) is 2.93. The first kappa shape index (κ1) is 17.9. The van der Waals surface area contributed by atoms with Gasteiger partial charge in [-0.1, -0.05) is 23.2 Å². The van der Waals surface area contributed by atoms with E-state index in [0.29, 0.717) is 0 Å². The molecule has 1 atom stereocenters. The van der Waals surface area contributed by atoms with Gasteiger partial charge in [-0.3, -0.25) is 4.79 Å². The number of benzene rings is 1. The number of halogens is 4. The average molecular weight is 343 g/mol. The van der Waals surface area contributed by atoms with Crippen LogP contribution in [0, 0.1) is 0 Å². The average Bonchev–Trinajstić information content (AvgIpc) is 2.39. The van der Waals surface area contributed by atoms with E-state index in [1.807, 2.05) is 0 Å². The Labute approximate surface area is 130 Å². The summed E-state index contributed by atoms with van der Waals surface area (Å²) in [4.78, 5) is 11.6. The fourth-order valence-corrected chi connectivity index (χ4v) is 2.11. The lowest BCUT2D eigenvalue weighted by molar-refractivity contribution is -0.123. The minimum Gasteiger partial charge on any atom is -0.433 e. The number of ether oxygens (including phenoxy) is 2. The molecule has 0 aliphatic carbocycles. The van der Waals surface area contributed by atoms with Crippen LogP contribution in [0.5, 0.6) is 5.75 Å². The summed E-state index contributed by atoms with van der Waals surface area (Å²) in [6.45, 7) is -3.13. The summed E-state index contributed by atoms with van der Waals surface area (Å²) in [5.74, 6) is -0.743. The van der Waals surface area contributed by atoms with E-state index in [9.17, 15) is 13.6 Å². The van der Waals surface area contributed by atoms with Crippen molar-refractivity contribution in [2.45, 2.75) is 19.2 Å². The van der Waals surface area contributed by atoms with Gasteiger partial charge in [0.1, 0.15) is 11.8 Å². The minimum absolute atomic E-state index is 0.0303. The molecule has 21 heavy (non-hydrogen) atoms. The second-order valence-electron chi connectivity index (χ2n) is 4.03. The smallest absolute Gasteiger partial charge is 0.387 e. The molecule has 9 heteroatoms. The van der Waals surface area contributed by atoms with Crippen LogP contribution < -0.4 is 15.8 Å². The predicted molar refractivity (Wildman–Crippen MR) is 74.8 cm³/mol. The van der Waals surface area contributed by atoms with Gasteiger partial charge in [0.05, 0.1) is 11.6 Å². The van der Waals surface area contributed by atoms with Crippen molar-refractivity contribution < 1.29 is 23.0 Å². The molecule has 1 unspecified atom stereocenters. The second-order valence-corrected chi connectivity index (χ2v) is 4.88. The van der Waals surface area contributed by atoms with Gasteiger partial charge < -0.3 is 20.5 Å². The molecule has 0 aromatic heterocycles. The van der Waals surface area contributed by atoms with Crippen molar-refractivity contribution in [3.8, 4) is 5.75 Å². The van der Waals surface area contributed by atoms with Gasteiger partial charge in [-0.15, -0.1) is 0 Å². The third kappa shape index (κ3) is 5.62. The molecule has 0 saturated heterocycles. The van der Waals surface area contributed by atoms with Crippen LogP contribution in [0.2, 0.25) is 10.0 Å². The van der Waals surface area contributed by atoms with Crippen LogP contribution in [0.3, 0.4) is 0 Å². The highest BCUT2D eigenvalue weighted by atomic mass is 35.5. The standard InChI is InChI=1S/C12H14Cl2F2N2O3/c1-20-5-9(17)11(19)18-4-6-2-7(13)3-8(14)10(6)21-12(15)16/h2-3,9,12H,4-5,17H2,1H3,(H,18,19). The Balaban J connectivity index is 2.84. The van der Waals surface area contributed by atoms with E-state index in [2.05, 4.69) is 10.1 Å². The van der Waals surface area contributed by atoms with Crippen molar-refractivity contribution in [1.82, 2.24) is 5.32 Å². The molecule has 0 aliphatic heterocycles. The Morgan fingerprint density at radius 2 is 2.10 bits per heavy atom. The fourth-order valence-electron chi connectivity index (χ4n) is 1.53. The lowest BCUT2D eigenvalue weighted by Gasteiger charge is -2.15. The van der Waals surface area contributed by atoms with Crippen LogP contribution >= 0.6 is 23.2 Å². The molecule has 0 bridgehead atoms. The zero-order valence-electron chi connectivity index (χ0n) is 11.0. The molecule has 0 heterocycles. The van der Waals surface area contributed by atoms with Gasteiger partial charge >= 0.3 is 6.61 Å². The molecular formula is C12H14Cl2F2N2O3. The molecular weight excluding hydrogens is 329 g/mol. The number of rotatable bonds is 7. The summed E-state index contributed by atoms with van der Waals surface area (Å²) in [5, 5.41) is 2.62. The molecule has 0 radical (unpaired) electrons. The molecule has 5 nitrogen and oxygen atoms in total. The Hall–Kier alpha value is -1.15. The maximum absolute atomic E-state index is 12.4. The van der Waals surface area contributed by atoms with Gasteiger partial charge in [-0.25, -0.2) is 0 Å². The molecule has 1 amide bonds. The van der Waals surface area contributed by atoms with Gasteiger partial charge in [0.2, 0.25) is 5.91 Å². The molecule has 3 N–H and O–H groups in total. The zero-order chi connectivity index (χ0) is 16.0. The van der Waals surface area contributed by atoms with Gasteiger partial charge in [-0.2, -0.15) is 8.78 Å². The number of carbonyl (C=O) groups excluding carboxylic acids is 1. The van der Waals surface area contributed by atoms with E-state index in [-0.39, 0.29) is 34.5 Å². The maximum atomic E-state index is 12.4. The molecule has 1 rings (SSSR count). The first-order valence-corrected chi connectivity index (χ1v) is 6.55. The van der Waals surface area contributed by atoms with Crippen molar-refractivity contribution in [1.29, 1.82) is 0 Å². The van der Waals surface area contributed by atoms with E-state index in [0.717, 1.165) is 0 Å². The van der Waals surface area contributed by atoms with Gasteiger partial charge in [0, 0.05) is 24.2 Å². The lowest BCUT2D eigenvalue weighted by atomic mass is 10.2. The Bertz CT molecular complexity index is 504. The van der Waals surface area contributed by atoms with Crippen molar-refractivity contribution in [2.75, 3.05) is 13.7 Å². The summed E-state index contributed by atoms with van der Waals surface area (Å²) in [6, 6.07) is 1.76. The van der Waals surface area contributed by atoms with E-state index in [4.69, 9.17) is 33.7 Å². The zero-order valence-corrected chi connectivity index (χ0v) is 12.5. The Morgan fingerprint density at radius 1 is 1.43 bits per heavy atom. The van der Waals surface area contributed by atoms with Crippen molar-refractivity contribution in [3.05, 3.63) is 27.7 Å². The highest BCUT2D eigenvalue weighted by molar-refractivity contribution is 6.35. The number of amides is 1. The van der Waals surface area contributed by atoms with Crippen LogP contribution in [0.25, 0.3) is 0 Å². The van der Waals surface area contributed by atoms with Gasteiger partial charge in [0.15, 0.2) is 0 Å². The number of carbonyl (C=O) groups is 1. The molecule has 118 valence electrons. The summed E-state index contributed by atoms with van der Waals surface area (Å²) >= 11 is 11.6. The monoisotopic (exact) mass is 342 g/mol. The molecule has 0 aliphatic rings. The molecule has 1 aromatic carbocycles. The summed E-state index contributed by atoms with van der Waals surface area (Å²) < 4.78 is 33.8. The highest BCUT2D eigenvalue weighted by Gasteiger charge is 2.17. The SMILES string of the molecule is COCC(N)C(=O)NCc1cc(Cl)cc(Cl)c1OC(F)F. The van der Waals surface area contributed by atoms with E-state index >= 15 is 0 Å². The number of methoxy groups -OCH3 is 1. The van der Waals surface area contributed by atoms with Crippen LogP contribution in [0.4, 0.5) is 8.78 Å². The number of alkyl halides is 2. The van der Waals surface area contributed by atoms with E-state index in [1.165, 1.54) is 19.2 Å². The van der Waals surface area contributed by atoms with Crippen molar-refractivity contribution in [2.24, 2.45) is 5.73 Å². The second kappa shape index (κ2) is 8.33. The van der Waals surface area contributed by atoms with E-state index in [1.54, 1.807) is 0 Å². The number of nitrogens with two attached hydrogens (primary N) is 1. The summed E-state index contributed by atoms with van der Waals surface area (Å²) in [5.41, 5.74) is 5.74. The largest absolute Gasteiger partial charge is 0.433 e. The lowest BCUT2D eigenvalue weighted by Crippen LogP contribution is -2.43. The Kier molecular flexibility index (Phi) is 7.10. The normalized spacial score (nSPS) is 12.3. The van der Waals surface area contributed by atoms with Crippen LogP contribution in [-0.2, 0) is 16.1 Å².